The number of carboxylic acids is 1. The Morgan fingerprint density at radius 3 is 2.38 bits per heavy atom. The Labute approximate surface area is 92.8 Å². The molecule has 0 fully saturated rings. The molecular weight excluding hydrogens is 210 g/mol. The third-order valence-corrected chi connectivity index (χ3v) is 2.01. The van der Waals surface area contributed by atoms with Crippen molar-refractivity contribution in [3.63, 3.8) is 0 Å². The van der Waals surface area contributed by atoms with Gasteiger partial charge in [-0.15, -0.1) is 0 Å². The molecule has 1 unspecified atom stereocenters. The van der Waals surface area contributed by atoms with E-state index in [1.165, 1.54) is 6.92 Å². The van der Waals surface area contributed by atoms with Crippen molar-refractivity contribution in [3.05, 3.63) is 29.8 Å². The summed E-state index contributed by atoms with van der Waals surface area (Å²) in [5.41, 5.74) is 5.84. The Kier molecular flexibility index (Phi) is 4.02. The molecule has 0 radical (unpaired) electrons. The molecule has 0 amide bonds. The van der Waals surface area contributed by atoms with Crippen LogP contribution in [-0.2, 0) is 4.79 Å². The van der Waals surface area contributed by atoms with E-state index in [-0.39, 0.29) is 12.4 Å². The number of ether oxygens (including phenoxy) is 1. The fourth-order valence-electron chi connectivity index (χ4n) is 1.04. The van der Waals surface area contributed by atoms with Crippen molar-refractivity contribution in [1.82, 2.24) is 0 Å². The topological polar surface area (TPSA) is 89.6 Å². The molecule has 1 atom stereocenters. The van der Waals surface area contributed by atoms with Crippen molar-refractivity contribution in [1.29, 1.82) is 0 Å². The van der Waals surface area contributed by atoms with Crippen molar-refractivity contribution in [2.24, 2.45) is 5.73 Å². The number of Topliss-reactive ketones (excluding diaryl/α,β-unsaturated/α-hetero) is 1. The number of benzene rings is 1. The van der Waals surface area contributed by atoms with Gasteiger partial charge in [-0.2, -0.15) is 0 Å². The summed E-state index contributed by atoms with van der Waals surface area (Å²) < 4.78 is 5.15. The molecule has 1 rings (SSSR count). The van der Waals surface area contributed by atoms with Crippen molar-refractivity contribution in [2.75, 3.05) is 6.61 Å². The van der Waals surface area contributed by atoms with Crippen LogP contribution in [0.3, 0.4) is 0 Å². The van der Waals surface area contributed by atoms with Gasteiger partial charge in [-0.1, -0.05) is 0 Å². The minimum atomic E-state index is -1.11. The van der Waals surface area contributed by atoms with Crippen LogP contribution >= 0.6 is 0 Å². The van der Waals surface area contributed by atoms with Gasteiger partial charge in [-0.25, -0.2) is 0 Å². The molecule has 86 valence electrons. The zero-order valence-corrected chi connectivity index (χ0v) is 8.84. The lowest BCUT2D eigenvalue weighted by atomic mass is 10.1. The van der Waals surface area contributed by atoms with Gasteiger partial charge in [0.05, 0.1) is 0 Å². The van der Waals surface area contributed by atoms with Gasteiger partial charge < -0.3 is 15.6 Å². The highest BCUT2D eigenvalue weighted by atomic mass is 16.5. The lowest BCUT2D eigenvalue weighted by Crippen LogP contribution is -2.36. The summed E-state index contributed by atoms with van der Waals surface area (Å²) in [4.78, 5) is 21.4. The normalized spacial score (nSPS) is 11.9. The predicted molar refractivity (Wildman–Crippen MR) is 57.6 cm³/mol. The smallest absolute Gasteiger partial charge is 0.324 e. The van der Waals surface area contributed by atoms with Crippen LogP contribution in [0.15, 0.2) is 24.3 Å². The van der Waals surface area contributed by atoms with Gasteiger partial charge in [-0.3, -0.25) is 9.59 Å². The number of aliphatic carboxylic acids is 1. The molecule has 0 heterocycles. The number of hydrogen-bond acceptors (Lipinski definition) is 4. The van der Waals surface area contributed by atoms with E-state index in [1.807, 2.05) is 0 Å². The van der Waals surface area contributed by atoms with Gasteiger partial charge in [0, 0.05) is 5.56 Å². The third kappa shape index (κ3) is 3.36. The molecule has 5 heteroatoms. The van der Waals surface area contributed by atoms with Crippen molar-refractivity contribution >= 4 is 11.8 Å². The second kappa shape index (κ2) is 5.27. The SMILES string of the molecule is CC(=O)c1ccc(OCC(N)C(=O)O)cc1. The van der Waals surface area contributed by atoms with E-state index in [0.29, 0.717) is 11.3 Å². The van der Waals surface area contributed by atoms with Crippen LogP contribution in [0, 0.1) is 0 Å². The Balaban J connectivity index is 2.56. The van der Waals surface area contributed by atoms with Crippen LogP contribution in [0.2, 0.25) is 0 Å². The molecule has 0 bridgehead atoms. The number of carbonyl (C=O) groups is 2. The molecule has 16 heavy (non-hydrogen) atoms. The summed E-state index contributed by atoms with van der Waals surface area (Å²) in [6, 6.07) is 5.39. The Hall–Kier alpha value is -1.88. The average molecular weight is 223 g/mol. The molecule has 0 aliphatic heterocycles. The van der Waals surface area contributed by atoms with E-state index in [2.05, 4.69) is 0 Å². The fourth-order valence-corrected chi connectivity index (χ4v) is 1.04. The number of hydrogen-bond donors (Lipinski definition) is 2. The van der Waals surface area contributed by atoms with Crippen LogP contribution in [0.5, 0.6) is 5.75 Å². The Bertz CT molecular complexity index is 385. The minimum absolute atomic E-state index is 0.0335. The molecule has 0 saturated heterocycles. The van der Waals surface area contributed by atoms with E-state index >= 15 is 0 Å². The monoisotopic (exact) mass is 223 g/mol. The van der Waals surface area contributed by atoms with E-state index in [9.17, 15) is 9.59 Å². The van der Waals surface area contributed by atoms with Gasteiger partial charge >= 0.3 is 5.97 Å². The maximum Gasteiger partial charge on any atom is 0.324 e. The van der Waals surface area contributed by atoms with Gasteiger partial charge in [0.2, 0.25) is 0 Å². The number of rotatable bonds is 5. The van der Waals surface area contributed by atoms with E-state index < -0.39 is 12.0 Å². The second-order valence-corrected chi connectivity index (χ2v) is 3.34. The summed E-state index contributed by atoms with van der Waals surface area (Å²) in [5, 5.41) is 8.53. The maximum absolute atomic E-state index is 11.0. The molecular formula is C11H13NO4. The molecule has 5 nitrogen and oxygen atoms in total. The quantitative estimate of drug-likeness (QED) is 0.716. The first-order valence-corrected chi connectivity index (χ1v) is 4.73. The molecule has 0 aliphatic carbocycles. The van der Waals surface area contributed by atoms with Gasteiger partial charge in [0.1, 0.15) is 18.4 Å². The number of nitrogens with two attached hydrogens (primary N) is 1. The van der Waals surface area contributed by atoms with E-state index in [4.69, 9.17) is 15.6 Å². The first-order valence-electron chi connectivity index (χ1n) is 4.73. The summed E-state index contributed by atoms with van der Waals surface area (Å²) >= 11 is 0. The van der Waals surface area contributed by atoms with Crippen molar-refractivity contribution in [3.8, 4) is 5.75 Å². The summed E-state index contributed by atoms with van der Waals surface area (Å²) in [7, 11) is 0. The summed E-state index contributed by atoms with van der Waals surface area (Å²) in [6.07, 6.45) is 0. The van der Waals surface area contributed by atoms with E-state index in [1.54, 1.807) is 24.3 Å². The van der Waals surface area contributed by atoms with Crippen LogP contribution in [0.25, 0.3) is 0 Å². The summed E-state index contributed by atoms with van der Waals surface area (Å²) in [6.45, 7) is 1.37. The lowest BCUT2D eigenvalue weighted by molar-refractivity contribution is -0.139. The predicted octanol–water partition coefficient (Wildman–Crippen LogP) is 0.680. The zero-order chi connectivity index (χ0) is 12.1. The highest BCUT2D eigenvalue weighted by Gasteiger charge is 2.11. The number of carbonyl (C=O) groups excluding carboxylic acids is 1. The van der Waals surface area contributed by atoms with Gasteiger partial charge in [0.25, 0.3) is 0 Å². The van der Waals surface area contributed by atoms with Crippen molar-refractivity contribution < 1.29 is 19.4 Å². The van der Waals surface area contributed by atoms with Gasteiger partial charge in [-0.05, 0) is 31.2 Å². The number of carboxylic acid groups (broad SMARTS) is 1. The average Bonchev–Trinajstić information content (AvgIpc) is 2.26. The zero-order valence-electron chi connectivity index (χ0n) is 8.84. The summed E-state index contributed by atoms with van der Waals surface area (Å²) in [5.74, 6) is -0.657. The molecule has 1 aromatic carbocycles. The Morgan fingerprint density at radius 2 is 1.94 bits per heavy atom. The van der Waals surface area contributed by atoms with Crippen molar-refractivity contribution in [2.45, 2.75) is 13.0 Å². The number of ketones is 1. The standard InChI is InChI=1S/C11H13NO4/c1-7(13)8-2-4-9(5-3-8)16-6-10(12)11(14)15/h2-5,10H,6,12H2,1H3,(H,14,15). The maximum atomic E-state index is 11.0. The largest absolute Gasteiger partial charge is 0.491 e. The molecule has 0 aliphatic rings. The molecule has 0 spiro atoms. The second-order valence-electron chi connectivity index (χ2n) is 3.34. The van der Waals surface area contributed by atoms with Crippen LogP contribution in [-0.4, -0.2) is 29.5 Å². The van der Waals surface area contributed by atoms with Crippen LogP contribution in [0.4, 0.5) is 0 Å². The highest BCUT2D eigenvalue weighted by molar-refractivity contribution is 5.94. The first-order chi connectivity index (χ1) is 7.50. The molecule has 0 aromatic heterocycles. The first kappa shape index (κ1) is 12.2. The van der Waals surface area contributed by atoms with Crippen LogP contribution < -0.4 is 10.5 Å². The van der Waals surface area contributed by atoms with Gasteiger partial charge in [0.15, 0.2) is 5.78 Å². The lowest BCUT2D eigenvalue weighted by Gasteiger charge is -2.09. The minimum Gasteiger partial charge on any atom is -0.491 e. The third-order valence-electron chi connectivity index (χ3n) is 2.01. The molecule has 3 N–H and O–H groups in total. The fraction of sp³-hybridized carbons (Fsp3) is 0.273. The van der Waals surface area contributed by atoms with Crippen LogP contribution in [0.1, 0.15) is 17.3 Å². The van der Waals surface area contributed by atoms with E-state index in [0.717, 1.165) is 0 Å². The molecule has 0 saturated carbocycles. The highest BCUT2D eigenvalue weighted by Crippen LogP contribution is 2.12. The Morgan fingerprint density at radius 1 is 1.38 bits per heavy atom. The molecule has 1 aromatic rings.